The fourth-order valence-electron chi connectivity index (χ4n) is 5.50. The van der Waals surface area contributed by atoms with Gasteiger partial charge in [-0.2, -0.15) is 0 Å². The molecule has 1 aliphatic rings. The number of anilines is 1. The van der Waals surface area contributed by atoms with Crippen LogP contribution in [-0.2, 0) is 21.9 Å². The minimum absolute atomic E-state index is 0.0148. The lowest BCUT2D eigenvalue weighted by Gasteiger charge is -2.20. The van der Waals surface area contributed by atoms with Gasteiger partial charge in [-0.05, 0) is 64.5 Å². The molecule has 0 bridgehead atoms. The molecular formula is C36H27N3O4S3. The average molecular weight is 662 g/mol. The highest BCUT2D eigenvalue weighted by molar-refractivity contribution is 8.00. The van der Waals surface area contributed by atoms with E-state index in [9.17, 15) is 14.7 Å². The molecule has 1 saturated heterocycles. The Labute approximate surface area is 277 Å². The summed E-state index contributed by atoms with van der Waals surface area (Å²) in [5, 5.41) is 24.7. The molecule has 1 atom stereocenters. The third kappa shape index (κ3) is 5.94. The lowest BCUT2D eigenvalue weighted by Crippen LogP contribution is -2.29. The zero-order chi connectivity index (χ0) is 31.6. The van der Waals surface area contributed by atoms with Crippen LogP contribution < -0.4 is 9.64 Å². The number of aromatic nitrogens is 2. The van der Waals surface area contributed by atoms with Crippen LogP contribution in [0.1, 0.15) is 33.2 Å². The van der Waals surface area contributed by atoms with Crippen molar-refractivity contribution < 1.29 is 19.4 Å². The van der Waals surface area contributed by atoms with Crippen LogP contribution in [0.15, 0.2) is 118 Å². The monoisotopic (exact) mass is 661 g/mol. The fraction of sp³-hybridized carbons (Fsp3) is 0.111. The lowest BCUT2D eigenvalue weighted by molar-refractivity contribution is -0.132. The normalized spacial score (nSPS) is 15.9. The van der Waals surface area contributed by atoms with Crippen molar-refractivity contribution in [3.63, 3.8) is 0 Å². The molecule has 0 saturated carbocycles. The van der Waals surface area contributed by atoms with Crippen molar-refractivity contribution in [2.75, 3.05) is 4.90 Å². The maximum atomic E-state index is 13.5. The van der Waals surface area contributed by atoms with E-state index in [0.717, 1.165) is 16.0 Å². The van der Waals surface area contributed by atoms with E-state index in [1.54, 1.807) is 24.3 Å². The number of thiophene rings is 1. The Balaban J connectivity index is 1.14. The van der Waals surface area contributed by atoms with E-state index in [1.807, 2.05) is 60.8 Å². The molecule has 1 fully saturated rings. The molecule has 1 aliphatic heterocycles. The van der Waals surface area contributed by atoms with Gasteiger partial charge in [-0.15, -0.1) is 21.5 Å². The number of aryl methyl sites for hydroxylation is 1. The van der Waals surface area contributed by atoms with E-state index in [2.05, 4.69) is 40.5 Å². The Bertz CT molecular complexity index is 2080. The van der Waals surface area contributed by atoms with Crippen molar-refractivity contribution in [2.45, 2.75) is 29.7 Å². The van der Waals surface area contributed by atoms with Crippen LogP contribution >= 0.6 is 34.4 Å². The molecule has 1 unspecified atom stereocenters. The highest BCUT2D eigenvalue weighted by Crippen LogP contribution is 2.45. The number of fused-ring (bicyclic) bond motifs is 1. The van der Waals surface area contributed by atoms with Crippen LogP contribution in [0.2, 0.25) is 0 Å². The molecule has 1 amide bonds. The number of nitrogens with zero attached hydrogens (tertiary/aromatic N) is 3. The zero-order valence-corrected chi connectivity index (χ0v) is 27.1. The van der Waals surface area contributed by atoms with Crippen LogP contribution in [0.25, 0.3) is 16.5 Å². The van der Waals surface area contributed by atoms with Gasteiger partial charge in [0.1, 0.15) is 24.2 Å². The van der Waals surface area contributed by atoms with Gasteiger partial charge in [0.25, 0.3) is 5.78 Å². The Morgan fingerprint density at radius 1 is 0.935 bits per heavy atom. The summed E-state index contributed by atoms with van der Waals surface area (Å²) in [7, 11) is 0. The van der Waals surface area contributed by atoms with Crippen molar-refractivity contribution in [1.82, 2.24) is 10.2 Å². The molecule has 7 rings (SSSR count). The molecule has 0 radical (unpaired) electrons. The number of hydrogen-bond donors (Lipinski definition) is 1. The number of ketones is 1. The first-order valence-electron chi connectivity index (χ1n) is 14.5. The van der Waals surface area contributed by atoms with Gasteiger partial charge in [0.05, 0.1) is 5.57 Å². The number of thioether (sulfide) groups is 1. The van der Waals surface area contributed by atoms with Gasteiger partial charge in [0.2, 0.25) is 5.13 Å². The third-order valence-corrected chi connectivity index (χ3v) is 10.7. The molecular weight excluding hydrogens is 635 g/mol. The number of benzene rings is 4. The number of aliphatic hydroxyl groups is 1. The summed E-state index contributed by atoms with van der Waals surface area (Å²) in [6, 6.07) is 32.3. The van der Waals surface area contributed by atoms with Crippen molar-refractivity contribution in [2.24, 2.45) is 0 Å². The molecule has 4 aromatic carbocycles. The standard InChI is InChI=1S/C36H27N3O4S3/c1-22-7-4-8-23(19-22)20-43-27-16-14-25(15-17-27)32(40)30-31(29-13-6-18-44-29)39(34(42)33(30)41)35-37-38-36(46-35)45-21-26-11-5-10-24-9-2-3-12-28(24)26/h2-19,31,40H,20-21H2,1H3/b32-30-. The van der Waals surface area contributed by atoms with Gasteiger partial charge in [-0.3, -0.25) is 14.5 Å². The largest absolute Gasteiger partial charge is 0.507 e. The van der Waals surface area contributed by atoms with Gasteiger partial charge in [0.15, 0.2) is 4.34 Å². The van der Waals surface area contributed by atoms with Crippen LogP contribution in [0.3, 0.4) is 0 Å². The van der Waals surface area contributed by atoms with Crippen LogP contribution in [0.5, 0.6) is 5.75 Å². The fourth-order valence-corrected chi connectivity index (χ4v) is 8.19. The molecule has 2 aromatic heterocycles. The van der Waals surface area contributed by atoms with Gasteiger partial charge >= 0.3 is 5.91 Å². The van der Waals surface area contributed by atoms with E-state index in [1.165, 1.54) is 55.7 Å². The Kier molecular flexibility index (Phi) is 8.40. The number of Topliss-reactive ketones (excluding diaryl/α,β-unsaturated/α-hetero) is 1. The minimum Gasteiger partial charge on any atom is -0.507 e. The van der Waals surface area contributed by atoms with Crippen molar-refractivity contribution in [1.29, 1.82) is 0 Å². The molecule has 46 heavy (non-hydrogen) atoms. The third-order valence-electron chi connectivity index (χ3n) is 7.71. The zero-order valence-electron chi connectivity index (χ0n) is 24.6. The second-order valence-electron chi connectivity index (χ2n) is 10.8. The number of amides is 1. The second kappa shape index (κ2) is 12.9. The Hall–Kier alpha value is -4.77. The van der Waals surface area contributed by atoms with Crippen molar-refractivity contribution in [3.8, 4) is 5.75 Å². The summed E-state index contributed by atoms with van der Waals surface area (Å²) < 4.78 is 6.61. The maximum absolute atomic E-state index is 13.5. The van der Waals surface area contributed by atoms with Gasteiger partial charge in [-0.1, -0.05) is 101 Å². The lowest BCUT2D eigenvalue weighted by atomic mass is 10.00. The summed E-state index contributed by atoms with van der Waals surface area (Å²) >= 11 is 4.19. The SMILES string of the molecule is Cc1cccc(COc2ccc(/C(O)=C3/C(=O)C(=O)N(c4nnc(SCc5cccc6ccccc56)s4)C3c3cccs3)cc2)c1. The molecule has 228 valence electrons. The quantitative estimate of drug-likeness (QED) is 0.0546. The number of carbonyl (C=O) groups is 2. The molecule has 1 N–H and O–H groups in total. The number of aliphatic hydroxyl groups excluding tert-OH is 1. The first kappa shape index (κ1) is 29.9. The van der Waals surface area contributed by atoms with Crippen LogP contribution in [0, 0.1) is 6.92 Å². The van der Waals surface area contributed by atoms with Gasteiger partial charge < -0.3 is 9.84 Å². The van der Waals surface area contributed by atoms with Crippen LogP contribution in [0.4, 0.5) is 5.13 Å². The van der Waals surface area contributed by atoms with E-state index < -0.39 is 17.7 Å². The Morgan fingerprint density at radius 2 is 1.74 bits per heavy atom. The van der Waals surface area contributed by atoms with E-state index in [0.29, 0.717) is 33.1 Å². The topological polar surface area (TPSA) is 92.6 Å². The van der Waals surface area contributed by atoms with Gasteiger partial charge in [-0.25, -0.2) is 0 Å². The Morgan fingerprint density at radius 3 is 2.54 bits per heavy atom. The van der Waals surface area contributed by atoms with E-state index in [4.69, 9.17) is 4.74 Å². The minimum atomic E-state index is -0.832. The van der Waals surface area contributed by atoms with Gasteiger partial charge in [0, 0.05) is 16.2 Å². The summed E-state index contributed by atoms with van der Waals surface area (Å²) in [5.41, 5.74) is 3.80. The highest BCUT2D eigenvalue weighted by atomic mass is 32.2. The molecule has 7 nitrogen and oxygen atoms in total. The number of carbonyl (C=O) groups excluding carboxylic acids is 2. The summed E-state index contributed by atoms with van der Waals surface area (Å²) in [4.78, 5) is 29.2. The molecule has 3 heterocycles. The first-order valence-corrected chi connectivity index (χ1v) is 17.2. The summed E-state index contributed by atoms with van der Waals surface area (Å²) in [5.74, 6) is -0.473. The maximum Gasteiger partial charge on any atom is 0.301 e. The molecule has 6 aromatic rings. The van der Waals surface area contributed by atoms with E-state index in [-0.39, 0.29) is 11.3 Å². The highest BCUT2D eigenvalue weighted by Gasteiger charge is 2.48. The predicted molar refractivity (Wildman–Crippen MR) is 184 cm³/mol. The first-order chi connectivity index (χ1) is 22.5. The number of rotatable bonds is 9. The number of ether oxygens (including phenoxy) is 1. The molecule has 10 heteroatoms. The smallest absolute Gasteiger partial charge is 0.301 e. The average Bonchev–Trinajstić information content (AvgIpc) is 3.83. The molecule has 0 aliphatic carbocycles. The molecule has 0 spiro atoms. The van der Waals surface area contributed by atoms with Crippen LogP contribution in [-0.4, -0.2) is 27.0 Å². The van der Waals surface area contributed by atoms with Crippen molar-refractivity contribution in [3.05, 3.63) is 141 Å². The summed E-state index contributed by atoms with van der Waals surface area (Å²) in [6.07, 6.45) is 0. The predicted octanol–water partition coefficient (Wildman–Crippen LogP) is 8.56. The van der Waals surface area contributed by atoms with Crippen molar-refractivity contribution >= 4 is 67.8 Å². The van der Waals surface area contributed by atoms with E-state index >= 15 is 0 Å². The second-order valence-corrected chi connectivity index (χ2v) is 13.9. The summed E-state index contributed by atoms with van der Waals surface area (Å²) in [6.45, 7) is 2.44. The number of hydrogen-bond acceptors (Lipinski definition) is 9.